The number of hydrogen-bond acceptors (Lipinski definition) is 4. The molecule has 0 spiro atoms. The summed E-state index contributed by atoms with van der Waals surface area (Å²) in [6.07, 6.45) is 0.511. The highest BCUT2D eigenvalue weighted by Crippen LogP contribution is 2.29. The standard InChI is InChI=1S/C17H18Cl2N2O4/c1-9-12(10(2)25-21-9)5-7-15(22)20-17(3,16(23)24)11-4-6-13(18)14(19)8-11/h4,6,8H,5,7H2,1-3H3,(H,20,22)(H,23,24). The fraction of sp³-hybridized carbons (Fsp3) is 0.353. The minimum Gasteiger partial charge on any atom is -0.479 e. The number of hydrogen-bond donors (Lipinski definition) is 2. The predicted molar refractivity (Wildman–Crippen MR) is 93.9 cm³/mol. The third-order valence-corrected chi connectivity index (χ3v) is 4.84. The fourth-order valence-electron chi connectivity index (χ4n) is 2.49. The van der Waals surface area contributed by atoms with Crippen molar-refractivity contribution in [1.29, 1.82) is 0 Å². The second-order valence-corrected chi connectivity index (χ2v) is 6.72. The van der Waals surface area contributed by atoms with E-state index >= 15 is 0 Å². The molecule has 25 heavy (non-hydrogen) atoms. The summed E-state index contributed by atoms with van der Waals surface area (Å²) in [6.45, 7) is 4.97. The van der Waals surface area contributed by atoms with Gasteiger partial charge in [-0.15, -0.1) is 0 Å². The minimum atomic E-state index is -1.62. The molecule has 1 aromatic carbocycles. The second kappa shape index (κ2) is 7.45. The summed E-state index contributed by atoms with van der Waals surface area (Å²) >= 11 is 11.8. The summed E-state index contributed by atoms with van der Waals surface area (Å²) in [7, 11) is 0. The van der Waals surface area contributed by atoms with Crippen LogP contribution in [0.4, 0.5) is 0 Å². The number of amides is 1. The van der Waals surface area contributed by atoms with E-state index in [1.165, 1.54) is 25.1 Å². The molecule has 0 bridgehead atoms. The lowest BCUT2D eigenvalue weighted by Gasteiger charge is -2.27. The Morgan fingerprint density at radius 3 is 2.48 bits per heavy atom. The van der Waals surface area contributed by atoms with E-state index in [2.05, 4.69) is 10.5 Å². The van der Waals surface area contributed by atoms with Crippen molar-refractivity contribution in [2.75, 3.05) is 0 Å². The number of nitrogens with zero attached hydrogens (tertiary/aromatic N) is 1. The van der Waals surface area contributed by atoms with Gasteiger partial charge >= 0.3 is 5.97 Å². The van der Waals surface area contributed by atoms with Crippen LogP contribution in [0.3, 0.4) is 0 Å². The van der Waals surface area contributed by atoms with E-state index in [1.807, 2.05) is 0 Å². The first-order valence-corrected chi connectivity index (χ1v) is 8.32. The normalized spacial score (nSPS) is 13.3. The van der Waals surface area contributed by atoms with Crippen LogP contribution in [0.25, 0.3) is 0 Å². The Bertz CT molecular complexity index is 799. The molecule has 0 radical (unpaired) electrons. The number of carbonyl (C=O) groups is 2. The van der Waals surface area contributed by atoms with Crippen LogP contribution in [0.5, 0.6) is 0 Å². The van der Waals surface area contributed by atoms with Crippen LogP contribution >= 0.6 is 23.2 Å². The Morgan fingerprint density at radius 1 is 1.28 bits per heavy atom. The lowest BCUT2D eigenvalue weighted by Crippen LogP contribution is -2.49. The van der Waals surface area contributed by atoms with Crippen molar-refractivity contribution >= 4 is 35.1 Å². The van der Waals surface area contributed by atoms with Crippen molar-refractivity contribution in [3.8, 4) is 0 Å². The number of aliphatic carboxylic acids is 1. The molecular weight excluding hydrogens is 367 g/mol. The molecule has 0 saturated heterocycles. The third kappa shape index (κ3) is 4.14. The van der Waals surface area contributed by atoms with Gasteiger partial charge in [-0.1, -0.05) is 34.4 Å². The number of carboxylic acids is 1. The van der Waals surface area contributed by atoms with E-state index in [-0.39, 0.29) is 11.4 Å². The first kappa shape index (κ1) is 19.3. The minimum absolute atomic E-state index is 0.104. The van der Waals surface area contributed by atoms with Gasteiger partial charge in [0.05, 0.1) is 15.7 Å². The molecule has 0 aliphatic carbocycles. The van der Waals surface area contributed by atoms with Crippen LogP contribution in [0.2, 0.25) is 10.0 Å². The summed E-state index contributed by atoms with van der Waals surface area (Å²) < 4.78 is 5.06. The van der Waals surface area contributed by atoms with Crippen LogP contribution in [-0.4, -0.2) is 22.1 Å². The number of carbonyl (C=O) groups excluding carboxylic acids is 1. The number of aryl methyl sites for hydroxylation is 2. The van der Waals surface area contributed by atoms with Gasteiger partial charge in [-0.2, -0.15) is 0 Å². The molecule has 2 N–H and O–H groups in total. The van der Waals surface area contributed by atoms with E-state index < -0.39 is 17.4 Å². The van der Waals surface area contributed by atoms with Gasteiger partial charge in [-0.25, -0.2) is 4.79 Å². The molecule has 2 rings (SSSR count). The number of halogens is 2. The molecule has 0 saturated carbocycles. The average molecular weight is 385 g/mol. The number of rotatable bonds is 6. The maximum Gasteiger partial charge on any atom is 0.333 e. The second-order valence-electron chi connectivity index (χ2n) is 5.91. The highest BCUT2D eigenvalue weighted by atomic mass is 35.5. The summed E-state index contributed by atoms with van der Waals surface area (Å²) in [5.74, 6) is -0.955. The molecule has 1 unspecified atom stereocenters. The summed E-state index contributed by atoms with van der Waals surface area (Å²) in [6, 6.07) is 4.46. The van der Waals surface area contributed by atoms with Crippen molar-refractivity contribution < 1.29 is 19.2 Å². The Balaban J connectivity index is 2.16. The average Bonchev–Trinajstić information content (AvgIpc) is 2.86. The predicted octanol–water partition coefficient (Wildman–Crippen LogP) is 3.65. The van der Waals surface area contributed by atoms with Gasteiger partial charge in [0, 0.05) is 12.0 Å². The number of nitrogens with one attached hydrogen (secondary N) is 1. The van der Waals surface area contributed by atoms with Gasteiger partial charge in [0.25, 0.3) is 0 Å². The van der Waals surface area contributed by atoms with E-state index in [0.717, 1.165) is 11.3 Å². The van der Waals surface area contributed by atoms with Gasteiger partial charge in [0.15, 0.2) is 5.54 Å². The zero-order chi connectivity index (χ0) is 18.8. The molecule has 6 nitrogen and oxygen atoms in total. The molecule has 1 aromatic heterocycles. The van der Waals surface area contributed by atoms with Gasteiger partial charge < -0.3 is 14.9 Å². The highest BCUT2D eigenvalue weighted by molar-refractivity contribution is 6.42. The molecule has 0 aliphatic rings. The smallest absolute Gasteiger partial charge is 0.333 e. The van der Waals surface area contributed by atoms with Gasteiger partial charge in [-0.05, 0) is 44.9 Å². The fourth-order valence-corrected chi connectivity index (χ4v) is 2.79. The summed E-state index contributed by atoms with van der Waals surface area (Å²) in [5.41, 5.74) is 0.280. The van der Waals surface area contributed by atoms with Crippen molar-refractivity contribution in [2.45, 2.75) is 39.2 Å². The van der Waals surface area contributed by atoms with Gasteiger partial charge in [-0.3, -0.25) is 4.79 Å². The lowest BCUT2D eigenvalue weighted by atomic mass is 9.91. The molecule has 1 heterocycles. The Kier molecular flexibility index (Phi) is 5.75. The molecule has 8 heteroatoms. The van der Waals surface area contributed by atoms with Crippen LogP contribution in [0.1, 0.15) is 35.9 Å². The number of benzene rings is 1. The van der Waals surface area contributed by atoms with Crippen LogP contribution in [-0.2, 0) is 21.5 Å². The Labute approximate surface area is 155 Å². The monoisotopic (exact) mass is 384 g/mol. The maximum absolute atomic E-state index is 12.3. The zero-order valence-electron chi connectivity index (χ0n) is 14.0. The largest absolute Gasteiger partial charge is 0.479 e. The third-order valence-electron chi connectivity index (χ3n) is 4.10. The molecule has 1 atom stereocenters. The maximum atomic E-state index is 12.3. The lowest BCUT2D eigenvalue weighted by molar-refractivity contribution is -0.147. The van der Waals surface area contributed by atoms with Gasteiger partial charge in [0.1, 0.15) is 5.76 Å². The zero-order valence-corrected chi connectivity index (χ0v) is 15.5. The van der Waals surface area contributed by atoms with Crippen LogP contribution in [0.15, 0.2) is 22.7 Å². The van der Waals surface area contributed by atoms with Crippen LogP contribution < -0.4 is 5.32 Å². The molecule has 134 valence electrons. The van der Waals surface area contributed by atoms with Gasteiger partial charge in [0.2, 0.25) is 5.91 Å². The summed E-state index contributed by atoms with van der Waals surface area (Å²) in [5, 5.41) is 16.5. The summed E-state index contributed by atoms with van der Waals surface area (Å²) in [4.78, 5) is 24.1. The van der Waals surface area contributed by atoms with E-state index in [4.69, 9.17) is 27.7 Å². The Hall–Kier alpha value is -2.05. The van der Waals surface area contributed by atoms with E-state index in [9.17, 15) is 14.7 Å². The van der Waals surface area contributed by atoms with Crippen molar-refractivity contribution in [2.24, 2.45) is 0 Å². The molecular formula is C17H18Cl2N2O4. The molecule has 1 amide bonds. The van der Waals surface area contributed by atoms with E-state index in [1.54, 1.807) is 13.8 Å². The van der Waals surface area contributed by atoms with Crippen molar-refractivity contribution in [3.05, 3.63) is 50.8 Å². The Morgan fingerprint density at radius 2 is 1.96 bits per heavy atom. The first-order valence-electron chi connectivity index (χ1n) is 7.57. The topological polar surface area (TPSA) is 92.4 Å². The molecule has 0 fully saturated rings. The first-order chi connectivity index (χ1) is 11.6. The number of carboxylic acid groups (broad SMARTS) is 1. The van der Waals surface area contributed by atoms with Crippen LogP contribution in [0, 0.1) is 13.8 Å². The molecule has 2 aromatic rings. The quantitative estimate of drug-likeness (QED) is 0.792. The van der Waals surface area contributed by atoms with E-state index in [0.29, 0.717) is 22.8 Å². The molecule has 0 aliphatic heterocycles. The number of aromatic nitrogens is 1. The van der Waals surface area contributed by atoms with Crippen molar-refractivity contribution in [3.63, 3.8) is 0 Å². The van der Waals surface area contributed by atoms with Crippen molar-refractivity contribution in [1.82, 2.24) is 10.5 Å². The highest BCUT2D eigenvalue weighted by Gasteiger charge is 2.37. The SMILES string of the molecule is Cc1noc(C)c1CCC(=O)NC(C)(C(=O)O)c1ccc(Cl)c(Cl)c1.